The number of carbonyl (C=O) groups is 2. The number of carboxylic acids is 1. The van der Waals surface area contributed by atoms with Crippen LogP contribution in [0, 0.1) is 0 Å². The fraction of sp³-hybridized carbons (Fsp3) is 0.800. The molecule has 100 valence electrons. The zero-order chi connectivity index (χ0) is 13.3. The van der Waals surface area contributed by atoms with Gasteiger partial charge in [0.2, 0.25) is 5.91 Å². The summed E-state index contributed by atoms with van der Waals surface area (Å²) < 4.78 is 0. The van der Waals surface area contributed by atoms with Crippen LogP contribution in [0.3, 0.4) is 0 Å². The van der Waals surface area contributed by atoms with E-state index in [2.05, 4.69) is 21.3 Å². The van der Waals surface area contributed by atoms with Crippen LogP contribution in [-0.2, 0) is 9.59 Å². The summed E-state index contributed by atoms with van der Waals surface area (Å²) in [5, 5.41) is 20.1. The van der Waals surface area contributed by atoms with Crippen molar-refractivity contribution < 1.29 is 14.7 Å². The van der Waals surface area contributed by atoms with Gasteiger partial charge in [-0.3, -0.25) is 9.59 Å². The normalized spacial score (nSPS) is 12.5. The van der Waals surface area contributed by atoms with Gasteiger partial charge in [-0.1, -0.05) is 0 Å². The van der Waals surface area contributed by atoms with Crippen molar-refractivity contribution in [3.63, 3.8) is 0 Å². The Morgan fingerprint density at radius 1 is 1.12 bits per heavy atom. The van der Waals surface area contributed by atoms with E-state index in [9.17, 15) is 9.59 Å². The summed E-state index contributed by atoms with van der Waals surface area (Å²) in [4.78, 5) is 22.3. The molecule has 0 unspecified atom stereocenters. The number of hydrogen-bond donors (Lipinski definition) is 5. The van der Waals surface area contributed by atoms with Crippen molar-refractivity contribution in [2.24, 2.45) is 0 Å². The number of amides is 1. The van der Waals surface area contributed by atoms with Gasteiger partial charge in [0.05, 0.1) is 12.5 Å². The molecule has 1 amide bonds. The largest absolute Gasteiger partial charge is 0.480 e. The first-order valence-electron chi connectivity index (χ1n) is 5.53. The van der Waals surface area contributed by atoms with E-state index in [1.165, 1.54) is 7.05 Å². The summed E-state index contributed by atoms with van der Waals surface area (Å²) in [7, 11) is 5.11. The lowest BCUT2D eigenvalue weighted by molar-refractivity contribution is -0.141. The molecule has 0 saturated heterocycles. The van der Waals surface area contributed by atoms with E-state index in [-0.39, 0.29) is 18.4 Å². The van der Waals surface area contributed by atoms with Crippen LogP contribution in [0.2, 0.25) is 0 Å². The third-order valence-electron chi connectivity index (χ3n) is 2.30. The average molecular weight is 246 g/mol. The van der Waals surface area contributed by atoms with Crippen molar-refractivity contribution in [2.45, 2.75) is 18.5 Å². The first kappa shape index (κ1) is 15.8. The molecular weight excluding hydrogens is 224 g/mol. The smallest absolute Gasteiger partial charge is 0.321 e. The fourth-order valence-corrected chi connectivity index (χ4v) is 1.45. The minimum Gasteiger partial charge on any atom is -0.480 e. The predicted octanol–water partition coefficient (Wildman–Crippen LogP) is -2.03. The molecule has 7 nitrogen and oxygen atoms in total. The molecule has 0 aliphatic carbocycles. The van der Waals surface area contributed by atoms with Crippen LogP contribution in [0.1, 0.15) is 6.42 Å². The third kappa shape index (κ3) is 6.88. The summed E-state index contributed by atoms with van der Waals surface area (Å²) in [5.41, 5.74) is 0. The van der Waals surface area contributed by atoms with E-state index in [1.54, 1.807) is 14.1 Å². The SMILES string of the molecule is CNCC(CNC)NC(=O)C[C@H](NC)C(=O)O. The molecular formula is C10H22N4O3. The van der Waals surface area contributed by atoms with E-state index < -0.39 is 12.0 Å². The zero-order valence-corrected chi connectivity index (χ0v) is 10.5. The average Bonchev–Trinajstić information content (AvgIpc) is 2.26. The van der Waals surface area contributed by atoms with Gasteiger partial charge in [0, 0.05) is 13.1 Å². The second-order valence-electron chi connectivity index (χ2n) is 3.76. The Balaban J connectivity index is 4.16. The lowest BCUT2D eigenvalue weighted by atomic mass is 10.2. The van der Waals surface area contributed by atoms with Crippen molar-refractivity contribution in [2.75, 3.05) is 34.2 Å². The van der Waals surface area contributed by atoms with Crippen LogP contribution in [0.5, 0.6) is 0 Å². The van der Waals surface area contributed by atoms with Crippen LogP contribution in [-0.4, -0.2) is 63.3 Å². The second-order valence-corrected chi connectivity index (χ2v) is 3.76. The highest BCUT2D eigenvalue weighted by Crippen LogP contribution is 1.93. The van der Waals surface area contributed by atoms with Gasteiger partial charge in [-0.2, -0.15) is 0 Å². The Kier molecular flexibility index (Phi) is 8.29. The fourth-order valence-electron chi connectivity index (χ4n) is 1.45. The van der Waals surface area contributed by atoms with Crippen molar-refractivity contribution >= 4 is 11.9 Å². The molecule has 0 aromatic carbocycles. The standard InChI is InChI=1S/C10H22N4O3/c1-11-5-7(6-12-2)14-9(15)4-8(13-3)10(16)17/h7-8,11-13H,4-6H2,1-3H3,(H,14,15)(H,16,17)/t8-/m0/s1. The number of hydrogen-bond acceptors (Lipinski definition) is 5. The molecule has 7 heteroatoms. The van der Waals surface area contributed by atoms with Crippen LogP contribution >= 0.6 is 0 Å². The van der Waals surface area contributed by atoms with Gasteiger partial charge in [-0.05, 0) is 21.1 Å². The van der Waals surface area contributed by atoms with Gasteiger partial charge in [0.15, 0.2) is 0 Å². The first-order chi connectivity index (χ1) is 8.04. The highest BCUT2D eigenvalue weighted by molar-refractivity contribution is 5.84. The molecule has 0 fully saturated rings. The van der Waals surface area contributed by atoms with Crippen LogP contribution in [0.4, 0.5) is 0 Å². The van der Waals surface area contributed by atoms with Gasteiger partial charge in [-0.15, -0.1) is 0 Å². The molecule has 0 rings (SSSR count). The Morgan fingerprint density at radius 2 is 1.65 bits per heavy atom. The maximum absolute atomic E-state index is 11.6. The Hall–Kier alpha value is -1.18. The molecule has 0 saturated carbocycles. The molecule has 0 aromatic heterocycles. The first-order valence-corrected chi connectivity index (χ1v) is 5.53. The molecule has 17 heavy (non-hydrogen) atoms. The highest BCUT2D eigenvalue weighted by atomic mass is 16.4. The lowest BCUT2D eigenvalue weighted by Crippen LogP contribution is -2.48. The number of rotatable bonds is 9. The van der Waals surface area contributed by atoms with Crippen molar-refractivity contribution in [1.82, 2.24) is 21.3 Å². The quantitative estimate of drug-likeness (QED) is 0.322. The minimum atomic E-state index is -1.03. The monoisotopic (exact) mass is 246 g/mol. The van der Waals surface area contributed by atoms with E-state index in [0.717, 1.165) is 0 Å². The predicted molar refractivity (Wildman–Crippen MR) is 64.9 cm³/mol. The maximum Gasteiger partial charge on any atom is 0.321 e. The molecule has 0 bridgehead atoms. The summed E-state index contributed by atoms with van der Waals surface area (Å²) in [5.74, 6) is -1.30. The van der Waals surface area contributed by atoms with Crippen molar-refractivity contribution in [1.29, 1.82) is 0 Å². The summed E-state index contributed by atoms with van der Waals surface area (Å²) >= 11 is 0. The molecule has 0 aromatic rings. The number of nitrogens with one attached hydrogen (secondary N) is 4. The van der Waals surface area contributed by atoms with E-state index in [0.29, 0.717) is 13.1 Å². The minimum absolute atomic E-state index is 0.0520. The third-order valence-corrected chi connectivity index (χ3v) is 2.30. The Bertz CT molecular complexity index is 242. The molecule has 5 N–H and O–H groups in total. The number of aliphatic carboxylic acids is 1. The highest BCUT2D eigenvalue weighted by Gasteiger charge is 2.20. The van der Waals surface area contributed by atoms with E-state index in [1.807, 2.05) is 0 Å². The number of carbonyl (C=O) groups excluding carboxylic acids is 1. The summed E-state index contributed by atoms with van der Waals surface area (Å²) in [6.45, 7) is 1.26. The molecule has 1 atom stereocenters. The topological polar surface area (TPSA) is 102 Å². The number of carboxylic acid groups (broad SMARTS) is 1. The van der Waals surface area contributed by atoms with Crippen molar-refractivity contribution in [3.05, 3.63) is 0 Å². The van der Waals surface area contributed by atoms with Gasteiger partial charge in [-0.25, -0.2) is 0 Å². The van der Waals surface area contributed by atoms with Crippen LogP contribution < -0.4 is 21.3 Å². The Labute approximate surface area is 101 Å². The number of likely N-dealkylation sites (N-methyl/N-ethyl adjacent to an activating group) is 3. The maximum atomic E-state index is 11.6. The molecule has 0 spiro atoms. The molecule has 0 aliphatic heterocycles. The summed E-state index contributed by atoms with van der Waals surface area (Å²) in [6, 6.07) is -0.899. The van der Waals surface area contributed by atoms with Gasteiger partial charge in [0.25, 0.3) is 0 Å². The Morgan fingerprint density at radius 3 is 2.00 bits per heavy atom. The second kappa shape index (κ2) is 8.91. The zero-order valence-electron chi connectivity index (χ0n) is 10.5. The lowest BCUT2D eigenvalue weighted by Gasteiger charge is -2.19. The van der Waals surface area contributed by atoms with Crippen LogP contribution in [0.15, 0.2) is 0 Å². The van der Waals surface area contributed by atoms with E-state index >= 15 is 0 Å². The molecule has 0 aliphatic rings. The van der Waals surface area contributed by atoms with Gasteiger partial charge >= 0.3 is 5.97 Å². The van der Waals surface area contributed by atoms with Crippen LogP contribution in [0.25, 0.3) is 0 Å². The van der Waals surface area contributed by atoms with Crippen molar-refractivity contribution in [3.8, 4) is 0 Å². The molecule has 0 heterocycles. The van der Waals surface area contributed by atoms with E-state index in [4.69, 9.17) is 5.11 Å². The molecule has 0 radical (unpaired) electrons. The van der Waals surface area contributed by atoms with Gasteiger partial charge < -0.3 is 26.4 Å². The van der Waals surface area contributed by atoms with Gasteiger partial charge in [0.1, 0.15) is 6.04 Å². The summed E-state index contributed by atoms with van der Waals surface area (Å²) in [6.07, 6.45) is -0.0736.